The second kappa shape index (κ2) is 4.56. The topological polar surface area (TPSA) is 52.2 Å². The first-order chi connectivity index (χ1) is 10.5. The molecule has 0 radical (unpaired) electrons. The van der Waals surface area contributed by atoms with Gasteiger partial charge in [0.15, 0.2) is 5.82 Å². The molecular formula is C16H17FN4O. The number of hydrogen-bond donors (Lipinski definition) is 1. The van der Waals surface area contributed by atoms with Crippen LogP contribution in [0.5, 0.6) is 0 Å². The number of rotatable bonds is 1. The standard InChI is InChI=1S/C16H17FN4O/c1-9-12(17)3-4-13-14(9)19-15(18-13)16(22)21-7-10-5-20(2)6-11(10)8-21/h3-5,11H,6-8H2,1-2H3,(H,18,19)/t11-/m1/s1. The van der Waals surface area contributed by atoms with E-state index in [0.717, 1.165) is 13.1 Å². The molecule has 2 aliphatic heterocycles. The fraction of sp³-hybridized carbons (Fsp3) is 0.375. The van der Waals surface area contributed by atoms with Crippen molar-refractivity contribution in [3.63, 3.8) is 0 Å². The van der Waals surface area contributed by atoms with Crippen molar-refractivity contribution in [2.75, 3.05) is 26.7 Å². The number of H-pyrrole nitrogens is 1. The van der Waals surface area contributed by atoms with E-state index in [1.54, 1.807) is 13.0 Å². The molecule has 2 aliphatic rings. The number of imidazole rings is 1. The summed E-state index contributed by atoms with van der Waals surface area (Å²) in [6.45, 7) is 4.01. The van der Waals surface area contributed by atoms with E-state index in [4.69, 9.17) is 0 Å². The molecule has 6 heteroatoms. The number of halogens is 1. The van der Waals surface area contributed by atoms with E-state index in [2.05, 4.69) is 21.1 Å². The third kappa shape index (κ3) is 1.90. The van der Waals surface area contributed by atoms with Gasteiger partial charge in [-0.3, -0.25) is 4.79 Å². The number of benzene rings is 1. The van der Waals surface area contributed by atoms with E-state index in [0.29, 0.717) is 29.1 Å². The number of nitrogens with zero attached hydrogens (tertiary/aromatic N) is 3. The second-order valence-electron chi connectivity index (χ2n) is 6.18. The smallest absolute Gasteiger partial charge is 0.289 e. The average Bonchev–Trinajstić information content (AvgIpc) is 3.14. The van der Waals surface area contributed by atoms with Crippen molar-refractivity contribution in [1.29, 1.82) is 0 Å². The van der Waals surface area contributed by atoms with Gasteiger partial charge in [-0.25, -0.2) is 9.37 Å². The summed E-state index contributed by atoms with van der Waals surface area (Å²) in [4.78, 5) is 23.9. The SMILES string of the molecule is Cc1c(F)ccc2[nH]c(C(=O)N3CC4=CN(C)C[C@@H]4C3)nc12. The van der Waals surface area contributed by atoms with Crippen LogP contribution < -0.4 is 0 Å². The Balaban J connectivity index is 1.64. The minimum atomic E-state index is -0.304. The highest BCUT2D eigenvalue weighted by molar-refractivity contribution is 5.95. The number of fused-ring (bicyclic) bond motifs is 2. The van der Waals surface area contributed by atoms with Gasteiger partial charge < -0.3 is 14.8 Å². The van der Waals surface area contributed by atoms with Crippen molar-refractivity contribution in [3.05, 3.63) is 41.1 Å². The number of aryl methyl sites for hydroxylation is 1. The number of aromatic amines is 1. The summed E-state index contributed by atoms with van der Waals surface area (Å²) in [5.41, 5.74) is 2.99. The summed E-state index contributed by atoms with van der Waals surface area (Å²) >= 11 is 0. The molecule has 2 aromatic rings. The summed E-state index contributed by atoms with van der Waals surface area (Å²) in [6, 6.07) is 3.02. The number of likely N-dealkylation sites (tertiary alicyclic amines) is 1. The van der Waals surface area contributed by atoms with Crippen LogP contribution in [-0.2, 0) is 0 Å². The van der Waals surface area contributed by atoms with Crippen LogP contribution in [0.3, 0.4) is 0 Å². The number of carbonyl (C=O) groups is 1. The van der Waals surface area contributed by atoms with Crippen molar-refractivity contribution < 1.29 is 9.18 Å². The lowest BCUT2D eigenvalue weighted by Gasteiger charge is -2.16. The van der Waals surface area contributed by atoms with Gasteiger partial charge in [0.25, 0.3) is 5.91 Å². The lowest BCUT2D eigenvalue weighted by molar-refractivity contribution is 0.0775. The molecule has 3 heterocycles. The third-order valence-corrected chi connectivity index (χ3v) is 4.56. The Morgan fingerprint density at radius 3 is 3.00 bits per heavy atom. The minimum absolute atomic E-state index is 0.117. The highest BCUT2D eigenvalue weighted by Crippen LogP contribution is 2.29. The Morgan fingerprint density at radius 1 is 1.41 bits per heavy atom. The van der Waals surface area contributed by atoms with E-state index in [1.165, 1.54) is 11.6 Å². The van der Waals surface area contributed by atoms with Crippen LogP contribution in [0.1, 0.15) is 16.2 Å². The van der Waals surface area contributed by atoms with Crippen LogP contribution in [0, 0.1) is 18.7 Å². The molecule has 1 aromatic carbocycles. The minimum Gasteiger partial charge on any atom is -0.380 e. The molecule has 1 amide bonds. The zero-order chi connectivity index (χ0) is 15.4. The lowest BCUT2D eigenvalue weighted by Crippen LogP contribution is -2.31. The lowest BCUT2D eigenvalue weighted by atomic mass is 10.1. The Bertz CT molecular complexity index is 810. The molecule has 22 heavy (non-hydrogen) atoms. The van der Waals surface area contributed by atoms with Gasteiger partial charge in [0.05, 0.1) is 11.0 Å². The fourth-order valence-corrected chi connectivity index (χ4v) is 3.40. The van der Waals surface area contributed by atoms with E-state index in [1.807, 2.05) is 11.9 Å². The Labute approximate surface area is 127 Å². The van der Waals surface area contributed by atoms with Crippen molar-refractivity contribution in [3.8, 4) is 0 Å². The predicted octanol–water partition coefficient (Wildman–Crippen LogP) is 1.91. The normalized spacial score (nSPS) is 20.7. The van der Waals surface area contributed by atoms with Gasteiger partial charge >= 0.3 is 0 Å². The van der Waals surface area contributed by atoms with Crippen LogP contribution >= 0.6 is 0 Å². The van der Waals surface area contributed by atoms with Gasteiger partial charge in [0.1, 0.15) is 5.82 Å². The maximum absolute atomic E-state index is 13.6. The van der Waals surface area contributed by atoms with E-state index < -0.39 is 0 Å². The van der Waals surface area contributed by atoms with E-state index in [9.17, 15) is 9.18 Å². The number of hydrogen-bond acceptors (Lipinski definition) is 3. The molecule has 0 aliphatic carbocycles. The maximum Gasteiger partial charge on any atom is 0.289 e. The zero-order valence-corrected chi connectivity index (χ0v) is 12.6. The van der Waals surface area contributed by atoms with Crippen molar-refractivity contribution in [2.45, 2.75) is 6.92 Å². The summed E-state index contributed by atoms with van der Waals surface area (Å²) in [5, 5.41) is 0. The van der Waals surface area contributed by atoms with Gasteiger partial charge in [-0.2, -0.15) is 0 Å². The molecule has 0 saturated carbocycles. The number of aromatic nitrogens is 2. The Kier molecular flexibility index (Phi) is 2.76. The van der Waals surface area contributed by atoms with Gasteiger partial charge in [-0.05, 0) is 24.6 Å². The second-order valence-corrected chi connectivity index (χ2v) is 6.18. The molecule has 0 bridgehead atoms. The number of amides is 1. The summed E-state index contributed by atoms with van der Waals surface area (Å²) < 4.78 is 13.6. The molecule has 0 spiro atoms. The number of nitrogens with one attached hydrogen (secondary N) is 1. The quantitative estimate of drug-likeness (QED) is 0.875. The van der Waals surface area contributed by atoms with E-state index in [-0.39, 0.29) is 17.5 Å². The average molecular weight is 300 g/mol. The molecule has 1 aromatic heterocycles. The monoisotopic (exact) mass is 300 g/mol. The first kappa shape index (κ1) is 13.3. The van der Waals surface area contributed by atoms with Gasteiger partial charge in [-0.15, -0.1) is 0 Å². The summed E-state index contributed by atoms with van der Waals surface area (Å²) in [6.07, 6.45) is 2.12. The summed E-state index contributed by atoms with van der Waals surface area (Å²) in [5.74, 6) is 0.297. The number of carbonyl (C=O) groups excluding carboxylic acids is 1. The maximum atomic E-state index is 13.6. The molecule has 114 valence electrons. The molecule has 1 atom stereocenters. The molecule has 0 unspecified atom stereocenters. The summed E-state index contributed by atoms with van der Waals surface area (Å²) in [7, 11) is 2.05. The van der Waals surface area contributed by atoms with Gasteiger partial charge in [0, 0.05) is 44.4 Å². The first-order valence-electron chi connectivity index (χ1n) is 7.38. The Hall–Kier alpha value is -2.37. The largest absolute Gasteiger partial charge is 0.380 e. The molecule has 1 saturated heterocycles. The first-order valence-corrected chi connectivity index (χ1v) is 7.38. The van der Waals surface area contributed by atoms with E-state index >= 15 is 0 Å². The highest BCUT2D eigenvalue weighted by Gasteiger charge is 2.35. The molecule has 1 fully saturated rings. The molecular weight excluding hydrogens is 283 g/mol. The van der Waals surface area contributed by atoms with Crippen molar-refractivity contribution >= 4 is 16.9 Å². The van der Waals surface area contributed by atoms with Crippen LogP contribution in [-0.4, -0.2) is 52.4 Å². The zero-order valence-electron chi connectivity index (χ0n) is 12.6. The predicted molar refractivity (Wildman–Crippen MR) is 80.9 cm³/mol. The van der Waals surface area contributed by atoms with Crippen LogP contribution in [0.25, 0.3) is 11.0 Å². The van der Waals surface area contributed by atoms with Gasteiger partial charge in [0.2, 0.25) is 0 Å². The molecule has 1 N–H and O–H groups in total. The van der Waals surface area contributed by atoms with Gasteiger partial charge in [-0.1, -0.05) is 0 Å². The van der Waals surface area contributed by atoms with Crippen molar-refractivity contribution in [1.82, 2.24) is 19.8 Å². The van der Waals surface area contributed by atoms with Crippen LogP contribution in [0.2, 0.25) is 0 Å². The molecule has 4 rings (SSSR count). The fourth-order valence-electron chi connectivity index (χ4n) is 3.40. The third-order valence-electron chi connectivity index (χ3n) is 4.56. The van der Waals surface area contributed by atoms with Crippen molar-refractivity contribution in [2.24, 2.45) is 5.92 Å². The highest BCUT2D eigenvalue weighted by atomic mass is 19.1. The Morgan fingerprint density at radius 2 is 2.23 bits per heavy atom. The van der Waals surface area contributed by atoms with Crippen LogP contribution in [0.4, 0.5) is 4.39 Å². The molecule has 5 nitrogen and oxygen atoms in total. The van der Waals surface area contributed by atoms with Crippen LogP contribution in [0.15, 0.2) is 23.9 Å².